The third-order valence-corrected chi connectivity index (χ3v) is 7.12. The molecule has 184 valence electrons. The maximum absolute atomic E-state index is 2.61. The summed E-state index contributed by atoms with van der Waals surface area (Å²) in [7, 11) is 0. The molecule has 0 spiro atoms. The molecule has 1 rings (SSSR count). The maximum Gasteiger partial charge on any atom is 0.100 e. The molecular weight excluding hydrogens is 376 g/mol. The van der Waals surface area contributed by atoms with Crippen LogP contribution in [0, 0.1) is 0 Å². The number of hydrogen-bond acceptors (Lipinski definition) is 2. The highest BCUT2D eigenvalue weighted by molar-refractivity contribution is 4.96. The lowest BCUT2D eigenvalue weighted by Crippen LogP contribution is -2.38. The molecule has 1 aliphatic heterocycles. The number of nitrogens with zero attached hydrogens (tertiary/aromatic N) is 2. The second-order valence-electron chi connectivity index (χ2n) is 10.0. The number of unbranched alkanes of at least 4 members (excludes halogenated alkanes) is 18. The fourth-order valence-corrected chi connectivity index (χ4v) is 5.04. The van der Waals surface area contributed by atoms with Crippen molar-refractivity contribution in [2.45, 2.75) is 162 Å². The van der Waals surface area contributed by atoms with Crippen LogP contribution in [0.15, 0.2) is 12.4 Å². The van der Waals surface area contributed by atoms with E-state index in [-0.39, 0.29) is 0 Å². The Morgan fingerprint density at radius 1 is 0.419 bits per heavy atom. The summed E-state index contributed by atoms with van der Waals surface area (Å²) in [6.07, 6.45) is 35.2. The lowest BCUT2D eigenvalue weighted by molar-refractivity contribution is 0.144. The Kier molecular flexibility index (Phi) is 19.4. The molecule has 1 atom stereocenters. The van der Waals surface area contributed by atoms with Gasteiger partial charge < -0.3 is 9.80 Å². The molecule has 0 aromatic heterocycles. The normalized spacial score (nSPS) is 16.0. The van der Waals surface area contributed by atoms with Gasteiger partial charge in [-0.3, -0.25) is 0 Å². The largest absolute Gasteiger partial charge is 0.356 e. The Hall–Kier alpha value is -0.660. The Morgan fingerprint density at radius 2 is 0.710 bits per heavy atom. The van der Waals surface area contributed by atoms with Gasteiger partial charge in [-0.05, 0) is 19.3 Å². The second-order valence-corrected chi connectivity index (χ2v) is 10.0. The summed E-state index contributed by atoms with van der Waals surface area (Å²) in [6, 6.07) is 0. The summed E-state index contributed by atoms with van der Waals surface area (Å²) in [5, 5.41) is 0. The Balaban J connectivity index is 1.90. The number of hydrogen-bond donors (Lipinski definition) is 0. The van der Waals surface area contributed by atoms with Crippen LogP contribution in [-0.2, 0) is 0 Å². The van der Waals surface area contributed by atoms with Crippen LogP contribution in [0.2, 0.25) is 0 Å². The summed E-state index contributed by atoms with van der Waals surface area (Å²) in [5.41, 5.74) is 0. The standard InChI is InChI=1S/C29H58N2/c1-4-7-9-11-12-13-14-15-16-17-18-19-20-22-24-26-31-28-27-30(29(31)6-3)25-23-21-10-8-5-2/h27-29H,4-26H2,1-3H3. The number of rotatable bonds is 23. The van der Waals surface area contributed by atoms with Crippen molar-refractivity contribution in [2.75, 3.05) is 13.1 Å². The highest BCUT2D eigenvalue weighted by atomic mass is 15.4. The molecular formula is C29H58N2. The molecule has 0 saturated heterocycles. The van der Waals surface area contributed by atoms with Crippen LogP contribution in [0.3, 0.4) is 0 Å². The first-order valence-corrected chi connectivity index (χ1v) is 14.5. The predicted octanol–water partition coefficient (Wildman–Crippen LogP) is 9.65. The van der Waals surface area contributed by atoms with Crippen molar-refractivity contribution < 1.29 is 0 Å². The van der Waals surface area contributed by atoms with E-state index in [1.54, 1.807) is 0 Å². The second kappa shape index (κ2) is 21.2. The van der Waals surface area contributed by atoms with E-state index in [1.807, 2.05) is 0 Å². The molecule has 0 aliphatic carbocycles. The Bertz CT molecular complexity index is 392. The molecule has 0 bridgehead atoms. The maximum atomic E-state index is 2.61. The first-order valence-electron chi connectivity index (χ1n) is 14.5. The molecule has 0 saturated carbocycles. The summed E-state index contributed by atoms with van der Waals surface area (Å²) in [4.78, 5) is 5.20. The van der Waals surface area contributed by atoms with Gasteiger partial charge in [0.1, 0.15) is 6.17 Å². The van der Waals surface area contributed by atoms with Gasteiger partial charge in [-0.2, -0.15) is 0 Å². The van der Waals surface area contributed by atoms with E-state index in [2.05, 4.69) is 43.0 Å². The van der Waals surface area contributed by atoms with E-state index in [1.165, 1.54) is 148 Å². The van der Waals surface area contributed by atoms with Gasteiger partial charge in [0.15, 0.2) is 0 Å². The fraction of sp³-hybridized carbons (Fsp3) is 0.931. The van der Waals surface area contributed by atoms with Gasteiger partial charge in [0, 0.05) is 25.5 Å². The van der Waals surface area contributed by atoms with Gasteiger partial charge in [0.05, 0.1) is 0 Å². The quantitative estimate of drug-likeness (QED) is 0.148. The highest BCUT2D eigenvalue weighted by Gasteiger charge is 2.23. The minimum absolute atomic E-state index is 0.623. The Labute approximate surface area is 197 Å². The van der Waals surface area contributed by atoms with Crippen LogP contribution >= 0.6 is 0 Å². The average molecular weight is 435 g/mol. The first kappa shape index (κ1) is 28.4. The monoisotopic (exact) mass is 434 g/mol. The SMILES string of the molecule is CCCCCCCCCCCCCCCCCN1C=CN(CCCCCCC)C1CC. The molecule has 2 nitrogen and oxygen atoms in total. The van der Waals surface area contributed by atoms with E-state index in [4.69, 9.17) is 0 Å². The molecule has 2 heteroatoms. The van der Waals surface area contributed by atoms with Crippen LogP contribution in [0.5, 0.6) is 0 Å². The summed E-state index contributed by atoms with van der Waals surface area (Å²) >= 11 is 0. The zero-order chi connectivity index (χ0) is 22.4. The van der Waals surface area contributed by atoms with E-state index in [0.29, 0.717) is 6.17 Å². The molecule has 0 fully saturated rings. The molecule has 1 heterocycles. The first-order chi connectivity index (χ1) is 15.3. The molecule has 0 radical (unpaired) electrons. The lowest BCUT2D eigenvalue weighted by Gasteiger charge is -2.32. The van der Waals surface area contributed by atoms with Crippen molar-refractivity contribution in [3.63, 3.8) is 0 Å². The third-order valence-electron chi connectivity index (χ3n) is 7.12. The van der Waals surface area contributed by atoms with E-state index < -0.39 is 0 Å². The van der Waals surface area contributed by atoms with E-state index in [9.17, 15) is 0 Å². The highest BCUT2D eigenvalue weighted by Crippen LogP contribution is 2.21. The smallest absolute Gasteiger partial charge is 0.100 e. The van der Waals surface area contributed by atoms with Crippen LogP contribution in [0.1, 0.15) is 156 Å². The summed E-state index contributed by atoms with van der Waals surface area (Å²) < 4.78 is 0. The van der Waals surface area contributed by atoms with Crippen LogP contribution in [0.4, 0.5) is 0 Å². The van der Waals surface area contributed by atoms with Gasteiger partial charge >= 0.3 is 0 Å². The minimum atomic E-state index is 0.623. The average Bonchev–Trinajstić information content (AvgIpc) is 3.18. The van der Waals surface area contributed by atoms with E-state index in [0.717, 1.165) is 0 Å². The van der Waals surface area contributed by atoms with Crippen molar-refractivity contribution in [1.29, 1.82) is 0 Å². The van der Waals surface area contributed by atoms with Crippen molar-refractivity contribution >= 4 is 0 Å². The van der Waals surface area contributed by atoms with Gasteiger partial charge in [-0.25, -0.2) is 0 Å². The molecule has 1 unspecified atom stereocenters. The van der Waals surface area contributed by atoms with Crippen molar-refractivity contribution in [2.24, 2.45) is 0 Å². The van der Waals surface area contributed by atoms with Crippen LogP contribution in [0.25, 0.3) is 0 Å². The molecule has 31 heavy (non-hydrogen) atoms. The van der Waals surface area contributed by atoms with Gasteiger partial charge in [-0.15, -0.1) is 0 Å². The molecule has 0 N–H and O–H groups in total. The predicted molar refractivity (Wildman–Crippen MR) is 140 cm³/mol. The molecule has 1 aliphatic rings. The van der Waals surface area contributed by atoms with Crippen molar-refractivity contribution in [3.8, 4) is 0 Å². The van der Waals surface area contributed by atoms with Crippen molar-refractivity contribution in [3.05, 3.63) is 12.4 Å². The molecule has 0 amide bonds. The van der Waals surface area contributed by atoms with Gasteiger partial charge in [0.25, 0.3) is 0 Å². The minimum Gasteiger partial charge on any atom is -0.356 e. The zero-order valence-corrected chi connectivity index (χ0v) is 21.9. The zero-order valence-electron chi connectivity index (χ0n) is 21.9. The van der Waals surface area contributed by atoms with Gasteiger partial charge in [-0.1, -0.05) is 136 Å². The third kappa shape index (κ3) is 14.9. The van der Waals surface area contributed by atoms with Crippen LogP contribution < -0.4 is 0 Å². The Morgan fingerprint density at radius 3 is 1.00 bits per heavy atom. The molecule has 0 aromatic carbocycles. The van der Waals surface area contributed by atoms with Crippen molar-refractivity contribution in [1.82, 2.24) is 9.80 Å². The van der Waals surface area contributed by atoms with E-state index >= 15 is 0 Å². The fourth-order valence-electron chi connectivity index (χ4n) is 5.04. The lowest BCUT2D eigenvalue weighted by atomic mass is 10.0. The van der Waals surface area contributed by atoms with Gasteiger partial charge in [0.2, 0.25) is 0 Å². The topological polar surface area (TPSA) is 6.48 Å². The molecule has 0 aromatic rings. The van der Waals surface area contributed by atoms with Crippen LogP contribution in [-0.4, -0.2) is 29.1 Å². The summed E-state index contributed by atoms with van der Waals surface area (Å²) in [5.74, 6) is 0. The summed E-state index contributed by atoms with van der Waals surface area (Å²) in [6.45, 7) is 9.44.